The highest BCUT2D eigenvalue weighted by atomic mass is 16.7. The van der Waals surface area contributed by atoms with Crippen LogP contribution in [0.2, 0.25) is 0 Å². The van der Waals surface area contributed by atoms with E-state index in [0.29, 0.717) is 18.1 Å². The first-order valence-electron chi connectivity index (χ1n) is 9.85. The number of ether oxygens (including phenoxy) is 4. The van der Waals surface area contributed by atoms with E-state index >= 15 is 0 Å². The molecule has 0 saturated carbocycles. The van der Waals surface area contributed by atoms with Crippen LogP contribution in [0.3, 0.4) is 0 Å². The molecule has 28 heavy (non-hydrogen) atoms. The predicted molar refractivity (Wildman–Crippen MR) is 107 cm³/mol. The van der Waals surface area contributed by atoms with Crippen molar-refractivity contribution in [2.75, 3.05) is 26.5 Å². The van der Waals surface area contributed by atoms with Crippen molar-refractivity contribution < 1.29 is 18.9 Å². The Bertz CT molecular complexity index is 968. The zero-order valence-electron chi connectivity index (χ0n) is 15.7. The highest BCUT2D eigenvalue weighted by Gasteiger charge is 2.25. The van der Waals surface area contributed by atoms with Gasteiger partial charge in [-0.2, -0.15) is 0 Å². The summed E-state index contributed by atoms with van der Waals surface area (Å²) in [6.07, 6.45) is 5.51. The Kier molecular flexibility index (Phi) is 4.71. The van der Waals surface area contributed by atoms with Crippen molar-refractivity contribution in [2.24, 2.45) is 0 Å². The fourth-order valence-electron chi connectivity index (χ4n) is 3.77. The van der Waals surface area contributed by atoms with Crippen molar-refractivity contribution in [1.82, 2.24) is 10.3 Å². The van der Waals surface area contributed by atoms with Crippen molar-refractivity contribution in [3.05, 3.63) is 48.2 Å². The number of nitrogens with one attached hydrogen (secondary N) is 2. The van der Waals surface area contributed by atoms with Crippen LogP contribution in [0.5, 0.6) is 23.0 Å². The van der Waals surface area contributed by atoms with Crippen molar-refractivity contribution >= 4 is 10.9 Å². The summed E-state index contributed by atoms with van der Waals surface area (Å²) in [6.45, 7) is 2.52. The van der Waals surface area contributed by atoms with E-state index in [0.717, 1.165) is 43.9 Å². The Balaban J connectivity index is 1.05. The fraction of sp³-hybridized carbons (Fsp3) is 0.364. The second-order valence-corrected chi connectivity index (χ2v) is 7.22. The molecule has 0 bridgehead atoms. The number of H-pyrrole nitrogens is 1. The molecule has 0 saturated heterocycles. The summed E-state index contributed by atoms with van der Waals surface area (Å²) in [5.74, 6) is 2.88. The zero-order valence-corrected chi connectivity index (χ0v) is 15.7. The normalized spacial score (nSPS) is 17.2. The predicted octanol–water partition coefficient (Wildman–Crippen LogP) is 3.65. The van der Waals surface area contributed by atoms with E-state index < -0.39 is 0 Å². The van der Waals surface area contributed by atoms with Crippen LogP contribution in [0.4, 0.5) is 0 Å². The van der Waals surface area contributed by atoms with Crippen LogP contribution in [-0.4, -0.2) is 37.6 Å². The number of aromatic amines is 1. The van der Waals surface area contributed by atoms with E-state index in [1.165, 1.54) is 16.5 Å². The van der Waals surface area contributed by atoms with Crippen LogP contribution in [0.25, 0.3) is 10.9 Å². The summed E-state index contributed by atoms with van der Waals surface area (Å²) in [7, 11) is 0. The van der Waals surface area contributed by atoms with Crippen molar-refractivity contribution in [2.45, 2.75) is 25.4 Å². The minimum atomic E-state index is 0.00138. The zero-order chi connectivity index (χ0) is 18.8. The molecule has 2 aliphatic rings. The quantitative estimate of drug-likeness (QED) is 0.613. The molecule has 1 unspecified atom stereocenters. The van der Waals surface area contributed by atoms with E-state index in [4.69, 9.17) is 18.9 Å². The number of para-hydroxylation sites is 1. The first-order chi connectivity index (χ1) is 13.9. The Morgan fingerprint density at radius 3 is 2.71 bits per heavy atom. The van der Waals surface area contributed by atoms with Gasteiger partial charge >= 0.3 is 0 Å². The van der Waals surface area contributed by atoms with Gasteiger partial charge in [-0.15, -0.1) is 0 Å². The molecule has 6 heteroatoms. The highest BCUT2D eigenvalue weighted by Crippen LogP contribution is 2.43. The number of rotatable bonds is 7. The molecule has 5 rings (SSSR count). The first kappa shape index (κ1) is 17.3. The van der Waals surface area contributed by atoms with Crippen molar-refractivity contribution in [1.29, 1.82) is 0 Å². The molecule has 3 heterocycles. The summed E-state index contributed by atoms with van der Waals surface area (Å²) in [4.78, 5) is 3.34. The van der Waals surface area contributed by atoms with Crippen LogP contribution in [-0.2, 0) is 6.42 Å². The van der Waals surface area contributed by atoms with E-state index in [1.807, 2.05) is 12.1 Å². The maximum atomic E-state index is 6.04. The average molecular weight is 380 g/mol. The lowest BCUT2D eigenvalue weighted by molar-refractivity contribution is 0.0902. The third-order valence-electron chi connectivity index (χ3n) is 5.25. The highest BCUT2D eigenvalue weighted by molar-refractivity contribution is 5.82. The lowest BCUT2D eigenvalue weighted by atomic mass is 10.1. The molecule has 3 aromatic rings. The minimum absolute atomic E-state index is 0.00138. The Hall–Kier alpha value is -2.86. The van der Waals surface area contributed by atoms with E-state index in [2.05, 4.69) is 40.8 Å². The molecule has 6 nitrogen and oxygen atoms in total. The molecule has 1 aromatic heterocycles. The molecule has 0 radical (unpaired) electrons. The SMILES string of the molecule is c1ccc2c(CCCCNCC3COc4cc5c(cc4O3)OCO5)c[nH]c2c1. The molecular weight excluding hydrogens is 356 g/mol. The minimum Gasteiger partial charge on any atom is -0.486 e. The second-order valence-electron chi connectivity index (χ2n) is 7.22. The molecule has 2 aliphatic heterocycles. The van der Waals surface area contributed by atoms with Gasteiger partial charge in [-0.1, -0.05) is 18.2 Å². The van der Waals surface area contributed by atoms with Gasteiger partial charge < -0.3 is 29.2 Å². The van der Waals surface area contributed by atoms with Gasteiger partial charge in [-0.05, 0) is 37.4 Å². The molecular formula is C22H24N2O4. The van der Waals surface area contributed by atoms with Gasteiger partial charge in [0.2, 0.25) is 6.79 Å². The summed E-state index contributed by atoms with van der Waals surface area (Å²) >= 11 is 0. The van der Waals surface area contributed by atoms with Gasteiger partial charge in [0.05, 0.1) is 0 Å². The van der Waals surface area contributed by atoms with Gasteiger partial charge in [0.1, 0.15) is 12.7 Å². The molecule has 0 spiro atoms. The molecule has 2 N–H and O–H groups in total. The fourth-order valence-corrected chi connectivity index (χ4v) is 3.77. The van der Waals surface area contributed by atoms with Gasteiger partial charge in [-0.3, -0.25) is 0 Å². The van der Waals surface area contributed by atoms with E-state index in [9.17, 15) is 0 Å². The standard InChI is InChI=1S/C22H24N2O4/c1-2-7-18-17(6-1)15(11-24-18)5-3-4-8-23-12-16-13-25-21-9-19-20(27-14-26-19)10-22(21)28-16/h1-2,6-7,9-11,16,23-24H,3-5,8,12-14H2. The summed E-state index contributed by atoms with van der Waals surface area (Å²) in [5.41, 5.74) is 2.61. The summed E-state index contributed by atoms with van der Waals surface area (Å²) in [6, 6.07) is 12.2. The van der Waals surface area contributed by atoms with Gasteiger partial charge in [0, 0.05) is 35.8 Å². The second kappa shape index (κ2) is 7.64. The van der Waals surface area contributed by atoms with Crippen LogP contribution in [0.15, 0.2) is 42.6 Å². The largest absolute Gasteiger partial charge is 0.486 e. The Morgan fingerprint density at radius 2 is 1.79 bits per heavy atom. The van der Waals surface area contributed by atoms with E-state index in [1.54, 1.807) is 0 Å². The topological polar surface area (TPSA) is 64.7 Å². The third kappa shape index (κ3) is 3.47. The number of hydrogen-bond donors (Lipinski definition) is 2. The van der Waals surface area contributed by atoms with Crippen LogP contribution >= 0.6 is 0 Å². The first-order valence-corrected chi connectivity index (χ1v) is 9.85. The number of unbranched alkanes of at least 4 members (excludes halogenated alkanes) is 1. The van der Waals surface area contributed by atoms with Crippen LogP contribution < -0.4 is 24.3 Å². The smallest absolute Gasteiger partial charge is 0.231 e. The Morgan fingerprint density at radius 1 is 0.964 bits per heavy atom. The Labute approximate surface area is 163 Å². The third-order valence-corrected chi connectivity index (χ3v) is 5.25. The molecule has 0 amide bonds. The van der Waals surface area contributed by atoms with Crippen LogP contribution in [0.1, 0.15) is 18.4 Å². The molecule has 1 atom stereocenters. The number of hydrogen-bond acceptors (Lipinski definition) is 5. The maximum absolute atomic E-state index is 6.04. The van der Waals surface area contributed by atoms with Gasteiger partial charge in [0.15, 0.2) is 23.0 Å². The lowest BCUT2D eigenvalue weighted by Crippen LogP contribution is -2.38. The summed E-state index contributed by atoms with van der Waals surface area (Å²) < 4.78 is 22.6. The maximum Gasteiger partial charge on any atom is 0.231 e. The van der Waals surface area contributed by atoms with Crippen molar-refractivity contribution in [3.8, 4) is 23.0 Å². The number of fused-ring (bicyclic) bond motifs is 3. The molecule has 146 valence electrons. The summed E-state index contributed by atoms with van der Waals surface area (Å²) in [5, 5.41) is 4.82. The molecule has 0 aliphatic carbocycles. The number of benzene rings is 2. The monoisotopic (exact) mass is 380 g/mol. The lowest BCUT2D eigenvalue weighted by Gasteiger charge is -2.27. The average Bonchev–Trinajstić information content (AvgIpc) is 3.35. The van der Waals surface area contributed by atoms with Gasteiger partial charge in [-0.25, -0.2) is 0 Å². The van der Waals surface area contributed by atoms with Crippen molar-refractivity contribution in [3.63, 3.8) is 0 Å². The molecule has 0 fully saturated rings. The number of aromatic nitrogens is 1. The van der Waals surface area contributed by atoms with Crippen LogP contribution in [0, 0.1) is 0 Å². The van der Waals surface area contributed by atoms with E-state index in [-0.39, 0.29) is 12.9 Å². The number of aryl methyl sites for hydroxylation is 1. The van der Waals surface area contributed by atoms with Gasteiger partial charge in [0.25, 0.3) is 0 Å². The molecule has 2 aromatic carbocycles.